The summed E-state index contributed by atoms with van der Waals surface area (Å²) < 4.78 is 1.77. The van der Waals surface area contributed by atoms with Crippen LogP contribution in [0.15, 0.2) is 83.3 Å². The van der Waals surface area contributed by atoms with Gasteiger partial charge in [0.2, 0.25) is 11.8 Å². The van der Waals surface area contributed by atoms with E-state index in [2.05, 4.69) is 15.3 Å². The van der Waals surface area contributed by atoms with Crippen molar-refractivity contribution < 1.29 is 9.59 Å². The second kappa shape index (κ2) is 8.84. The van der Waals surface area contributed by atoms with Crippen LogP contribution in [0, 0.1) is 6.92 Å². The zero-order valence-corrected chi connectivity index (χ0v) is 18.7. The van der Waals surface area contributed by atoms with Crippen molar-refractivity contribution in [1.82, 2.24) is 19.8 Å². The van der Waals surface area contributed by atoms with Gasteiger partial charge in [-0.3, -0.25) is 24.4 Å². The van der Waals surface area contributed by atoms with Crippen molar-refractivity contribution in [2.75, 3.05) is 6.54 Å². The summed E-state index contributed by atoms with van der Waals surface area (Å²) in [7, 11) is 0. The summed E-state index contributed by atoms with van der Waals surface area (Å²) in [5.41, 5.74) is 3.61. The Morgan fingerprint density at radius 1 is 1.06 bits per heavy atom. The first-order valence-electron chi connectivity index (χ1n) is 10.5. The number of guanidine groups is 1. The van der Waals surface area contributed by atoms with Crippen LogP contribution in [-0.4, -0.2) is 38.8 Å². The molecule has 8 heteroatoms. The second-order valence-electron chi connectivity index (χ2n) is 7.69. The normalized spacial score (nSPS) is 13.3. The number of carbonyl (C=O) groups excluding carboxylic acids is 2. The Hall–Kier alpha value is -4.04. The largest absolute Gasteiger partial charge is 0.295 e. The third-order valence-electron chi connectivity index (χ3n) is 5.32. The highest BCUT2D eigenvalue weighted by atomic mass is 32.1. The van der Waals surface area contributed by atoms with Crippen molar-refractivity contribution >= 4 is 29.1 Å². The molecule has 0 unspecified atom stereocenters. The maximum Gasteiger partial charge on any atom is 0.294 e. The molecular weight excluding hydrogens is 434 g/mol. The molecule has 2 amide bonds. The Morgan fingerprint density at radius 2 is 1.85 bits per heavy atom. The summed E-state index contributed by atoms with van der Waals surface area (Å²) >= 11 is 1.56. The zero-order chi connectivity index (χ0) is 22.8. The molecule has 3 heterocycles. The third-order valence-corrected chi connectivity index (χ3v) is 6.22. The molecule has 164 valence electrons. The molecule has 2 aromatic heterocycles. The predicted octanol–water partition coefficient (Wildman–Crippen LogP) is 4.04. The second-order valence-corrected chi connectivity index (χ2v) is 8.64. The minimum absolute atomic E-state index is 0.00922. The number of hydrogen-bond acceptors (Lipinski definition) is 5. The molecule has 1 aliphatic heterocycles. The lowest BCUT2D eigenvalue weighted by atomic mass is 10.2. The maximum atomic E-state index is 13.3. The summed E-state index contributed by atoms with van der Waals surface area (Å²) in [6.45, 7) is 2.36. The third kappa shape index (κ3) is 4.33. The lowest BCUT2D eigenvalue weighted by Crippen LogP contribution is -2.44. The number of thiophene rings is 1. The van der Waals surface area contributed by atoms with Gasteiger partial charge < -0.3 is 0 Å². The molecule has 5 rings (SSSR count). The fraction of sp³-hybridized carbons (Fsp3) is 0.120. The van der Waals surface area contributed by atoms with Gasteiger partial charge in [-0.25, -0.2) is 9.98 Å². The number of aryl methyl sites for hydroxylation is 1. The minimum atomic E-state index is -0.426. The zero-order valence-electron chi connectivity index (χ0n) is 17.9. The number of carbonyl (C=O) groups is 2. The smallest absolute Gasteiger partial charge is 0.294 e. The van der Waals surface area contributed by atoms with E-state index in [4.69, 9.17) is 0 Å². The molecule has 4 aromatic rings. The summed E-state index contributed by atoms with van der Waals surface area (Å²) in [6.07, 6.45) is 1.86. The standard InChI is InChI=1S/C25H21N5O2S/c1-17-9-11-19(12-10-17)29-16-20(21-8-5-13-33-21)27-23(29)24(32)28-25-26-14-22(31)30(25)15-18-6-3-2-4-7-18/h2-13,16H,14-15H2,1H3,(H,26,28,32). The van der Waals surface area contributed by atoms with Crippen LogP contribution in [0.3, 0.4) is 0 Å². The Morgan fingerprint density at radius 3 is 2.58 bits per heavy atom. The molecule has 0 bridgehead atoms. The summed E-state index contributed by atoms with van der Waals surface area (Å²) in [5, 5.41) is 4.78. The monoisotopic (exact) mass is 455 g/mol. The van der Waals surface area contributed by atoms with E-state index in [1.54, 1.807) is 15.9 Å². The summed E-state index contributed by atoms with van der Waals surface area (Å²) in [4.78, 5) is 37.1. The number of imidazole rings is 1. The van der Waals surface area contributed by atoms with E-state index in [0.29, 0.717) is 12.2 Å². The van der Waals surface area contributed by atoms with Crippen LogP contribution in [0.2, 0.25) is 0 Å². The van der Waals surface area contributed by atoms with Crippen LogP contribution in [0.4, 0.5) is 0 Å². The van der Waals surface area contributed by atoms with E-state index in [1.165, 1.54) is 4.90 Å². The first kappa shape index (κ1) is 20.8. The van der Waals surface area contributed by atoms with Crippen LogP contribution in [-0.2, 0) is 11.3 Å². The van der Waals surface area contributed by atoms with Gasteiger partial charge in [-0.05, 0) is 36.1 Å². The average molecular weight is 456 g/mol. The molecule has 1 aliphatic rings. The highest BCUT2D eigenvalue weighted by Gasteiger charge is 2.29. The molecule has 33 heavy (non-hydrogen) atoms. The van der Waals surface area contributed by atoms with Gasteiger partial charge in [-0.2, -0.15) is 0 Å². The quantitative estimate of drug-likeness (QED) is 0.493. The number of nitrogens with zero attached hydrogens (tertiary/aromatic N) is 4. The van der Waals surface area contributed by atoms with Crippen molar-refractivity contribution in [3.05, 3.63) is 95.3 Å². The highest BCUT2D eigenvalue weighted by Crippen LogP contribution is 2.26. The van der Waals surface area contributed by atoms with E-state index in [0.717, 1.165) is 21.7 Å². The van der Waals surface area contributed by atoms with Crippen LogP contribution in [0.1, 0.15) is 21.7 Å². The molecule has 0 fully saturated rings. The van der Waals surface area contributed by atoms with Crippen LogP contribution >= 0.6 is 11.3 Å². The number of nitrogens with one attached hydrogen (secondary N) is 1. The molecule has 0 radical (unpaired) electrons. The maximum absolute atomic E-state index is 13.3. The number of hydrogen-bond donors (Lipinski definition) is 1. The molecular formula is C25H21N5O2S. The molecule has 0 aliphatic carbocycles. The van der Waals surface area contributed by atoms with Crippen molar-refractivity contribution in [3.63, 3.8) is 0 Å². The van der Waals surface area contributed by atoms with Gasteiger partial charge in [0.1, 0.15) is 6.54 Å². The Balaban J connectivity index is 1.45. The van der Waals surface area contributed by atoms with Crippen molar-refractivity contribution in [3.8, 4) is 16.3 Å². The average Bonchev–Trinajstić information content (AvgIpc) is 3.57. The van der Waals surface area contributed by atoms with Gasteiger partial charge in [0.25, 0.3) is 11.8 Å². The minimum Gasteiger partial charge on any atom is -0.295 e. The van der Waals surface area contributed by atoms with Gasteiger partial charge in [-0.15, -0.1) is 11.3 Å². The highest BCUT2D eigenvalue weighted by molar-refractivity contribution is 7.13. The van der Waals surface area contributed by atoms with Gasteiger partial charge in [0.05, 0.1) is 17.1 Å². The van der Waals surface area contributed by atoms with Gasteiger partial charge in [-0.1, -0.05) is 54.1 Å². The Labute approximate surface area is 195 Å². The topological polar surface area (TPSA) is 79.6 Å². The lowest BCUT2D eigenvalue weighted by Gasteiger charge is -2.19. The number of rotatable bonds is 5. The number of amides is 2. The van der Waals surface area contributed by atoms with E-state index in [9.17, 15) is 9.59 Å². The Bertz CT molecular complexity index is 1330. The van der Waals surface area contributed by atoms with E-state index in [-0.39, 0.29) is 24.2 Å². The van der Waals surface area contributed by atoms with Crippen molar-refractivity contribution in [2.45, 2.75) is 13.5 Å². The molecule has 0 spiro atoms. The summed E-state index contributed by atoms with van der Waals surface area (Å²) in [6, 6.07) is 21.4. The molecule has 0 saturated heterocycles. The van der Waals surface area contributed by atoms with Gasteiger partial charge >= 0.3 is 0 Å². The fourth-order valence-electron chi connectivity index (χ4n) is 3.61. The fourth-order valence-corrected chi connectivity index (χ4v) is 4.29. The summed E-state index contributed by atoms with van der Waals surface area (Å²) in [5.74, 6) is -0.117. The molecule has 1 N–H and O–H groups in total. The molecule has 0 saturated carbocycles. The first-order valence-corrected chi connectivity index (χ1v) is 11.4. The van der Waals surface area contributed by atoms with Crippen molar-refractivity contribution in [2.24, 2.45) is 4.99 Å². The predicted molar refractivity (Wildman–Crippen MR) is 128 cm³/mol. The number of aromatic nitrogens is 2. The number of benzene rings is 2. The van der Waals surface area contributed by atoms with E-state index >= 15 is 0 Å². The van der Waals surface area contributed by atoms with E-state index < -0.39 is 5.91 Å². The SMILES string of the molecule is Cc1ccc(-n2cc(-c3cccs3)nc2C(=O)NC2=NCC(=O)N2Cc2ccccc2)cc1. The lowest BCUT2D eigenvalue weighted by molar-refractivity contribution is -0.125. The van der Waals surface area contributed by atoms with Gasteiger partial charge in [0, 0.05) is 11.9 Å². The molecule has 0 atom stereocenters. The Kier molecular flexibility index (Phi) is 5.58. The van der Waals surface area contributed by atoms with Crippen LogP contribution in [0.5, 0.6) is 0 Å². The van der Waals surface area contributed by atoms with Crippen LogP contribution < -0.4 is 5.32 Å². The van der Waals surface area contributed by atoms with Crippen molar-refractivity contribution in [1.29, 1.82) is 0 Å². The van der Waals surface area contributed by atoms with Crippen LogP contribution in [0.25, 0.3) is 16.3 Å². The molecule has 2 aromatic carbocycles. The molecule has 7 nitrogen and oxygen atoms in total. The van der Waals surface area contributed by atoms with Gasteiger partial charge in [0.15, 0.2) is 0 Å². The van der Waals surface area contributed by atoms with E-state index in [1.807, 2.05) is 85.2 Å². The number of aliphatic imine (C=N–C) groups is 1. The first-order chi connectivity index (χ1) is 16.1.